The average molecular weight is 158 g/mol. The summed E-state index contributed by atoms with van der Waals surface area (Å²) in [6.07, 6.45) is 4.19. The van der Waals surface area contributed by atoms with Gasteiger partial charge in [-0.3, -0.25) is 0 Å². The van der Waals surface area contributed by atoms with Gasteiger partial charge in [0.1, 0.15) is 0 Å². The van der Waals surface area contributed by atoms with Gasteiger partial charge in [-0.25, -0.2) is 0 Å². The van der Waals surface area contributed by atoms with E-state index < -0.39 is 11.6 Å². The van der Waals surface area contributed by atoms with Gasteiger partial charge < -0.3 is 4.74 Å². The Morgan fingerprint density at radius 1 is 0.909 bits per heavy atom. The van der Waals surface area contributed by atoms with Gasteiger partial charge in [-0.1, -0.05) is 0 Å². The van der Waals surface area contributed by atoms with Gasteiger partial charge in [0.15, 0.2) is 0 Å². The zero-order chi connectivity index (χ0) is 7.95. The van der Waals surface area contributed by atoms with E-state index in [0.717, 1.165) is 25.7 Å². The van der Waals surface area contributed by atoms with Gasteiger partial charge in [-0.2, -0.15) is 9.78 Å². The van der Waals surface area contributed by atoms with Gasteiger partial charge >= 0.3 is 0 Å². The second-order valence-corrected chi connectivity index (χ2v) is 3.74. The zero-order valence-electron chi connectivity index (χ0n) is 7.05. The normalized spacial score (nSPS) is 50.7. The summed E-state index contributed by atoms with van der Waals surface area (Å²) < 4.78 is 5.65. The molecule has 3 heteroatoms. The van der Waals surface area contributed by atoms with Crippen LogP contribution < -0.4 is 0 Å². The van der Waals surface area contributed by atoms with Gasteiger partial charge in [0.2, 0.25) is 11.6 Å². The van der Waals surface area contributed by atoms with Crippen LogP contribution in [0, 0.1) is 0 Å². The van der Waals surface area contributed by atoms with E-state index in [2.05, 4.69) is 0 Å². The predicted octanol–water partition coefficient (Wildman–Crippen LogP) is 1.97. The standard InChI is InChI=1S/C8H14O3/c1-7-5-3-4-6-8(2,9-7)11-10-7/h3-6H2,1-2H3/t7-,8+. The van der Waals surface area contributed by atoms with Crippen LogP contribution in [-0.4, -0.2) is 11.6 Å². The molecule has 0 amide bonds. The van der Waals surface area contributed by atoms with Gasteiger partial charge in [0.25, 0.3) is 0 Å². The average Bonchev–Trinajstić information content (AvgIpc) is 2.11. The highest BCUT2D eigenvalue weighted by Crippen LogP contribution is 2.41. The molecule has 2 rings (SSSR count). The zero-order valence-corrected chi connectivity index (χ0v) is 7.05. The first-order chi connectivity index (χ1) is 5.12. The molecule has 0 unspecified atom stereocenters. The van der Waals surface area contributed by atoms with Crippen molar-refractivity contribution in [2.24, 2.45) is 0 Å². The summed E-state index contributed by atoms with van der Waals surface area (Å²) in [5.41, 5.74) is 0. The third-order valence-corrected chi connectivity index (χ3v) is 2.34. The van der Waals surface area contributed by atoms with Crippen molar-refractivity contribution in [2.45, 2.75) is 51.1 Å². The van der Waals surface area contributed by atoms with Crippen molar-refractivity contribution in [3.8, 4) is 0 Å². The SMILES string of the molecule is C[C@]12CCCC[C@](C)(OO1)O2. The van der Waals surface area contributed by atoms with Crippen molar-refractivity contribution in [3.63, 3.8) is 0 Å². The Balaban J connectivity index is 2.18. The third kappa shape index (κ3) is 1.28. The smallest absolute Gasteiger partial charge is 0.202 e. The predicted molar refractivity (Wildman–Crippen MR) is 38.5 cm³/mol. The van der Waals surface area contributed by atoms with Crippen LogP contribution in [0.15, 0.2) is 0 Å². The Labute approximate surface area is 66.6 Å². The lowest BCUT2D eigenvalue weighted by Gasteiger charge is -2.19. The highest BCUT2D eigenvalue weighted by atomic mass is 17.3. The van der Waals surface area contributed by atoms with Crippen LogP contribution in [0.5, 0.6) is 0 Å². The maximum Gasteiger partial charge on any atom is 0.202 e. The molecule has 0 saturated carbocycles. The number of hydrogen-bond acceptors (Lipinski definition) is 3. The van der Waals surface area contributed by atoms with Crippen LogP contribution in [0.4, 0.5) is 0 Å². The van der Waals surface area contributed by atoms with E-state index in [1.165, 1.54) is 0 Å². The van der Waals surface area contributed by atoms with Gasteiger partial charge in [-0.15, -0.1) is 0 Å². The van der Waals surface area contributed by atoms with Gasteiger partial charge in [-0.05, 0) is 26.7 Å². The molecule has 3 nitrogen and oxygen atoms in total. The van der Waals surface area contributed by atoms with Crippen molar-refractivity contribution in [2.75, 3.05) is 0 Å². The Hall–Kier alpha value is -0.120. The lowest BCUT2D eigenvalue weighted by molar-refractivity contribution is -0.349. The van der Waals surface area contributed by atoms with E-state index in [9.17, 15) is 0 Å². The van der Waals surface area contributed by atoms with E-state index in [-0.39, 0.29) is 0 Å². The number of hydrogen-bond donors (Lipinski definition) is 0. The molecule has 0 aromatic rings. The highest BCUT2D eigenvalue weighted by molar-refractivity contribution is 4.77. The molecule has 0 aromatic heterocycles. The van der Waals surface area contributed by atoms with Crippen molar-refractivity contribution in [3.05, 3.63) is 0 Å². The third-order valence-electron chi connectivity index (χ3n) is 2.34. The fourth-order valence-electron chi connectivity index (χ4n) is 1.74. The summed E-state index contributed by atoms with van der Waals surface area (Å²) in [5, 5.41) is 0. The van der Waals surface area contributed by atoms with Gasteiger partial charge in [0, 0.05) is 12.8 Å². The molecular formula is C8H14O3. The minimum atomic E-state index is -0.481. The Morgan fingerprint density at radius 2 is 1.36 bits per heavy atom. The van der Waals surface area contributed by atoms with Crippen LogP contribution in [0.25, 0.3) is 0 Å². The van der Waals surface area contributed by atoms with Crippen LogP contribution in [0.1, 0.15) is 39.5 Å². The molecule has 0 aromatic carbocycles. The number of fused-ring (bicyclic) bond motifs is 2. The van der Waals surface area contributed by atoms with Crippen LogP contribution in [0.3, 0.4) is 0 Å². The maximum absolute atomic E-state index is 5.65. The summed E-state index contributed by atoms with van der Waals surface area (Å²) >= 11 is 0. The molecule has 2 aliphatic heterocycles. The van der Waals surface area contributed by atoms with Crippen molar-refractivity contribution in [1.29, 1.82) is 0 Å². The molecule has 0 aliphatic carbocycles. The molecular weight excluding hydrogens is 144 g/mol. The summed E-state index contributed by atoms with van der Waals surface area (Å²) in [6, 6.07) is 0. The maximum atomic E-state index is 5.65. The lowest BCUT2D eigenvalue weighted by atomic mass is 10.1. The van der Waals surface area contributed by atoms with Crippen molar-refractivity contribution < 1.29 is 14.5 Å². The lowest BCUT2D eigenvalue weighted by Crippen LogP contribution is -2.29. The van der Waals surface area contributed by atoms with Crippen molar-refractivity contribution in [1.82, 2.24) is 0 Å². The summed E-state index contributed by atoms with van der Waals surface area (Å²) in [7, 11) is 0. The number of ether oxygens (including phenoxy) is 1. The Morgan fingerprint density at radius 3 is 1.82 bits per heavy atom. The van der Waals surface area contributed by atoms with Crippen molar-refractivity contribution >= 4 is 0 Å². The van der Waals surface area contributed by atoms with E-state index in [4.69, 9.17) is 14.5 Å². The molecule has 0 radical (unpaired) electrons. The molecule has 0 spiro atoms. The molecule has 2 heterocycles. The Bertz CT molecular complexity index is 145. The molecule has 2 atom stereocenters. The van der Waals surface area contributed by atoms with E-state index >= 15 is 0 Å². The fourth-order valence-corrected chi connectivity index (χ4v) is 1.74. The second-order valence-electron chi connectivity index (χ2n) is 3.74. The van der Waals surface area contributed by atoms with E-state index in [1.54, 1.807) is 0 Å². The minimum absolute atomic E-state index is 0.481. The first-order valence-electron chi connectivity index (χ1n) is 4.19. The first-order valence-corrected chi connectivity index (χ1v) is 4.19. The second kappa shape index (κ2) is 2.19. The topological polar surface area (TPSA) is 27.7 Å². The molecule has 2 fully saturated rings. The highest BCUT2D eigenvalue weighted by Gasteiger charge is 2.48. The fraction of sp³-hybridized carbons (Fsp3) is 1.00. The number of rotatable bonds is 0. The molecule has 2 saturated heterocycles. The molecule has 2 aliphatic rings. The first kappa shape index (κ1) is 7.53. The van der Waals surface area contributed by atoms with E-state index in [1.807, 2.05) is 13.8 Å². The minimum Gasteiger partial charge on any atom is -0.313 e. The Kier molecular flexibility index (Phi) is 1.50. The van der Waals surface area contributed by atoms with Gasteiger partial charge in [0.05, 0.1) is 0 Å². The molecule has 0 N–H and O–H groups in total. The summed E-state index contributed by atoms with van der Waals surface area (Å²) in [5.74, 6) is -0.962. The molecule has 11 heavy (non-hydrogen) atoms. The summed E-state index contributed by atoms with van der Waals surface area (Å²) in [6.45, 7) is 3.87. The largest absolute Gasteiger partial charge is 0.313 e. The molecule has 2 bridgehead atoms. The van der Waals surface area contributed by atoms with E-state index in [0.29, 0.717) is 0 Å². The quantitative estimate of drug-likeness (QED) is 0.504. The summed E-state index contributed by atoms with van der Waals surface area (Å²) in [4.78, 5) is 10.3. The molecule has 64 valence electrons. The van der Waals surface area contributed by atoms with Crippen LogP contribution in [0.2, 0.25) is 0 Å². The van der Waals surface area contributed by atoms with Crippen LogP contribution >= 0.6 is 0 Å². The van der Waals surface area contributed by atoms with Crippen LogP contribution in [-0.2, 0) is 14.5 Å². The monoisotopic (exact) mass is 158 g/mol.